The lowest BCUT2D eigenvalue weighted by Crippen LogP contribution is -2.42. The lowest BCUT2D eigenvalue weighted by Gasteiger charge is -2.49. The quantitative estimate of drug-likeness (QED) is 0.713. The fraction of sp³-hybridized carbons (Fsp3) is 0.611. The van der Waals surface area contributed by atoms with Crippen LogP contribution < -0.4 is 0 Å². The molecule has 5 rings (SSSR count). The van der Waals surface area contributed by atoms with Crippen molar-refractivity contribution in [3.05, 3.63) is 35.6 Å². The maximum Gasteiger partial charge on any atom is 0.123 e. The molecule has 1 spiro atoms. The normalized spacial score (nSPS) is 47.8. The first-order valence-electron chi connectivity index (χ1n) is 7.98. The standard InChI is InChI=1S/C18H20FN/c19-16-3-1-2-12(5-16)10-20-17-7-13-4-14-6-15(9-17)18(14,8-13)11-17/h1-3,5,10,13-15H,4,6-9,11H2/b20-10+. The van der Waals surface area contributed by atoms with Gasteiger partial charge in [-0.1, -0.05) is 12.1 Å². The SMILES string of the molecule is Fc1cccc(/C=N/C23CC4CC5CC(C2)C5(C4)C3)c1. The van der Waals surface area contributed by atoms with Crippen LogP contribution in [0.4, 0.5) is 4.39 Å². The van der Waals surface area contributed by atoms with Gasteiger partial charge in [0.25, 0.3) is 0 Å². The highest BCUT2D eigenvalue weighted by Gasteiger charge is 2.70. The van der Waals surface area contributed by atoms with Crippen molar-refractivity contribution in [3.63, 3.8) is 0 Å². The Hall–Kier alpha value is -1.18. The molecule has 5 unspecified atom stereocenters. The van der Waals surface area contributed by atoms with E-state index in [4.69, 9.17) is 4.99 Å². The summed E-state index contributed by atoms with van der Waals surface area (Å²) >= 11 is 0. The van der Waals surface area contributed by atoms with E-state index in [1.54, 1.807) is 12.1 Å². The minimum absolute atomic E-state index is 0.166. The number of nitrogens with zero attached hydrogens (tertiary/aromatic N) is 1. The van der Waals surface area contributed by atoms with Gasteiger partial charge in [0.1, 0.15) is 5.82 Å². The number of fused-ring (bicyclic) bond motifs is 2. The van der Waals surface area contributed by atoms with Crippen molar-refractivity contribution < 1.29 is 4.39 Å². The van der Waals surface area contributed by atoms with Gasteiger partial charge in [0.05, 0.1) is 5.54 Å². The third-order valence-electron chi connectivity index (χ3n) is 6.77. The van der Waals surface area contributed by atoms with Crippen molar-refractivity contribution in [1.29, 1.82) is 0 Å². The van der Waals surface area contributed by atoms with Crippen molar-refractivity contribution in [2.75, 3.05) is 0 Å². The maximum absolute atomic E-state index is 13.3. The number of benzene rings is 1. The van der Waals surface area contributed by atoms with Crippen LogP contribution in [0.1, 0.15) is 44.1 Å². The van der Waals surface area contributed by atoms with Crippen molar-refractivity contribution in [3.8, 4) is 0 Å². The Morgan fingerprint density at radius 3 is 3.00 bits per heavy atom. The monoisotopic (exact) mass is 269 g/mol. The summed E-state index contributed by atoms with van der Waals surface area (Å²) in [7, 11) is 0. The Balaban J connectivity index is 1.47. The van der Waals surface area contributed by atoms with Gasteiger partial charge in [-0.25, -0.2) is 4.39 Å². The Kier molecular flexibility index (Phi) is 2.02. The number of aliphatic imine (C=N–C) groups is 1. The highest BCUT2D eigenvalue weighted by Crippen LogP contribution is 2.77. The van der Waals surface area contributed by atoms with Crippen LogP contribution in [-0.4, -0.2) is 11.8 Å². The van der Waals surface area contributed by atoms with Gasteiger partial charge in [-0.15, -0.1) is 0 Å². The van der Waals surface area contributed by atoms with Gasteiger partial charge in [-0.3, -0.25) is 4.99 Å². The molecule has 0 N–H and O–H groups in total. The summed E-state index contributed by atoms with van der Waals surface area (Å²) in [4.78, 5) is 5.01. The second kappa shape index (κ2) is 3.52. The van der Waals surface area contributed by atoms with E-state index < -0.39 is 0 Å². The van der Waals surface area contributed by atoms with Crippen LogP contribution in [-0.2, 0) is 0 Å². The molecule has 0 aromatic heterocycles. The molecule has 2 heteroatoms. The molecule has 0 saturated heterocycles. The molecule has 5 atom stereocenters. The number of hydrogen-bond acceptors (Lipinski definition) is 1. The molecule has 1 aromatic rings. The largest absolute Gasteiger partial charge is 0.286 e. The van der Waals surface area contributed by atoms with Gasteiger partial charge >= 0.3 is 0 Å². The molecule has 3 bridgehead atoms. The van der Waals surface area contributed by atoms with Crippen molar-refractivity contribution >= 4 is 6.21 Å². The lowest BCUT2D eigenvalue weighted by molar-refractivity contribution is 0.0000991. The molecule has 4 saturated carbocycles. The first-order chi connectivity index (χ1) is 9.68. The molecule has 4 aliphatic carbocycles. The predicted octanol–water partition coefficient (Wildman–Crippen LogP) is 4.21. The highest BCUT2D eigenvalue weighted by atomic mass is 19.1. The second-order valence-electron chi connectivity index (χ2n) is 7.79. The summed E-state index contributed by atoms with van der Waals surface area (Å²) < 4.78 is 13.3. The molecular weight excluding hydrogens is 249 g/mol. The van der Waals surface area contributed by atoms with E-state index in [9.17, 15) is 4.39 Å². The van der Waals surface area contributed by atoms with Gasteiger partial charge in [0.15, 0.2) is 0 Å². The number of halogens is 1. The third kappa shape index (κ3) is 1.35. The van der Waals surface area contributed by atoms with Crippen molar-refractivity contribution in [2.24, 2.45) is 28.2 Å². The molecule has 4 aliphatic rings. The van der Waals surface area contributed by atoms with Crippen LogP contribution in [0.15, 0.2) is 29.3 Å². The average Bonchev–Trinajstić information content (AvgIpc) is 2.73. The highest BCUT2D eigenvalue weighted by molar-refractivity contribution is 5.80. The van der Waals surface area contributed by atoms with E-state index in [2.05, 4.69) is 0 Å². The van der Waals surface area contributed by atoms with Gasteiger partial charge in [-0.05, 0) is 79.4 Å². The first-order valence-corrected chi connectivity index (χ1v) is 7.98. The zero-order valence-electron chi connectivity index (χ0n) is 11.7. The molecule has 104 valence electrons. The predicted molar refractivity (Wildman–Crippen MR) is 77.3 cm³/mol. The van der Waals surface area contributed by atoms with Crippen LogP contribution in [0.25, 0.3) is 0 Å². The lowest BCUT2D eigenvalue weighted by atomic mass is 9.56. The average molecular weight is 269 g/mol. The van der Waals surface area contributed by atoms with Crippen LogP contribution in [0, 0.1) is 29.0 Å². The van der Waals surface area contributed by atoms with Crippen LogP contribution >= 0.6 is 0 Å². The van der Waals surface area contributed by atoms with Crippen LogP contribution in [0.5, 0.6) is 0 Å². The minimum atomic E-state index is -0.166. The summed E-state index contributed by atoms with van der Waals surface area (Å²) in [6.07, 6.45) is 10.3. The molecule has 0 heterocycles. The molecule has 1 aromatic carbocycles. The third-order valence-corrected chi connectivity index (χ3v) is 6.77. The van der Waals surface area contributed by atoms with Gasteiger partial charge in [0.2, 0.25) is 0 Å². The van der Waals surface area contributed by atoms with E-state index in [1.807, 2.05) is 12.3 Å². The van der Waals surface area contributed by atoms with Crippen LogP contribution in [0.3, 0.4) is 0 Å². The zero-order chi connectivity index (χ0) is 13.4. The Bertz CT molecular complexity index is 605. The summed E-state index contributed by atoms with van der Waals surface area (Å²) in [6, 6.07) is 6.80. The topological polar surface area (TPSA) is 12.4 Å². The van der Waals surface area contributed by atoms with Gasteiger partial charge < -0.3 is 0 Å². The maximum atomic E-state index is 13.3. The zero-order valence-corrected chi connectivity index (χ0v) is 11.7. The van der Waals surface area contributed by atoms with Crippen molar-refractivity contribution in [1.82, 2.24) is 0 Å². The molecule has 0 radical (unpaired) electrons. The van der Waals surface area contributed by atoms with E-state index in [1.165, 1.54) is 44.6 Å². The number of hydrogen-bond donors (Lipinski definition) is 0. The molecule has 1 nitrogen and oxygen atoms in total. The summed E-state index contributed by atoms with van der Waals surface area (Å²) in [5.41, 5.74) is 1.79. The van der Waals surface area contributed by atoms with Crippen LogP contribution in [0.2, 0.25) is 0 Å². The van der Waals surface area contributed by atoms with E-state index in [0.717, 1.165) is 23.3 Å². The molecule has 20 heavy (non-hydrogen) atoms. The van der Waals surface area contributed by atoms with E-state index >= 15 is 0 Å². The molecular formula is C18H20FN. The Morgan fingerprint density at radius 2 is 2.10 bits per heavy atom. The summed E-state index contributed by atoms with van der Waals surface area (Å²) in [6.45, 7) is 0. The van der Waals surface area contributed by atoms with Crippen molar-refractivity contribution in [2.45, 2.75) is 44.1 Å². The van der Waals surface area contributed by atoms with Gasteiger partial charge in [0, 0.05) is 6.21 Å². The smallest absolute Gasteiger partial charge is 0.123 e. The second-order valence-corrected chi connectivity index (χ2v) is 7.79. The van der Waals surface area contributed by atoms with E-state index in [-0.39, 0.29) is 11.4 Å². The molecule has 0 aliphatic heterocycles. The fourth-order valence-corrected chi connectivity index (χ4v) is 6.26. The minimum Gasteiger partial charge on any atom is -0.286 e. The Morgan fingerprint density at radius 1 is 1.15 bits per heavy atom. The Labute approximate surface area is 119 Å². The number of rotatable bonds is 2. The van der Waals surface area contributed by atoms with Gasteiger partial charge in [-0.2, -0.15) is 0 Å². The molecule has 4 fully saturated rings. The van der Waals surface area contributed by atoms with E-state index in [0.29, 0.717) is 5.41 Å². The molecule has 0 amide bonds. The fourth-order valence-electron chi connectivity index (χ4n) is 6.26. The first kappa shape index (κ1) is 11.5. The summed E-state index contributed by atoms with van der Waals surface area (Å²) in [5.74, 6) is 2.72. The summed E-state index contributed by atoms with van der Waals surface area (Å²) in [5, 5.41) is 0.